The third-order valence-electron chi connectivity index (χ3n) is 3.28. The number of rotatable bonds is 3. The van der Waals surface area contributed by atoms with Crippen LogP contribution in [0.4, 0.5) is 0 Å². The number of benzene rings is 2. The van der Waals surface area contributed by atoms with E-state index in [9.17, 15) is 19.5 Å². The van der Waals surface area contributed by atoms with Crippen LogP contribution in [-0.2, 0) is 4.79 Å². The molecule has 126 valence electrons. The zero-order valence-corrected chi connectivity index (χ0v) is 13.0. The highest BCUT2D eigenvalue weighted by molar-refractivity contribution is 5.95. The molecule has 0 atom stereocenters. The van der Waals surface area contributed by atoms with Crippen LogP contribution in [0.15, 0.2) is 57.7 Å². The van der Waals surface area contributed by atoms with Gasteiger partial charge in [0.15, 0.2) is 17.1 Å². The summed E-state index contributed by atoms with van der Waals surface area (Å²) >= 11 is 0. The van der Waals surface area contributed by atoms with Gasteiger partial charge in [0.2, 0.25) is 0 Å². The molecule has 0 spiro atoms. The van der Waals surface area contributed by atoms with E-state index in [1.165, 1.54) is 30.3 Å². The standard InChI is InChI=1S/C18H12O7/c1-10(19)23-15-12-8-5-9-13(20)14(12)24-18(22)16(15)25-17(21)11-6-3-2-4-7-11/h2-9,20H,1H3. The van der Waals surface area contributed by atoms with E-state index in [-0.39, 0.29) is 28.0 Å². The normalized spacial score (nSPS) is 10.4. The third-order valence-corrected chi connectivity index (χ3v) is 3.28. The molecule has 0 aliphatic carbocycles. The van der Waals surface area contributed by atoms with Gasteiger partial charge in [-0.05, 0) is 24.3 Å². The fourth-order valence-electron chi connectivity index (χ4n) is 2.22. The Kier molecular flexibility index (Phi) is 4.21. The Balaban J connectivity index is 2.16. The molecule has 0 bridgehead atoms. The van der Waals surface area contributed by atoms with Gasteiger partial charge in [-0.1, -0.05) is 24.3 Å². The second-order valence-corrected chi connectivity index (χ2v) is 5.05. The van der Waals surface area contributed by atoms with Crippen molar-refractivity contribution in [2.75, 3.05) is 0 Å². The predicted molar refractivity (Wildman–Crippen MR) is 86.9 cm³/mol. The number of carbonyl (C=O) groups is 2. The van der Waals surface area contributed by atoms with Gasteiger partial charge in [0.1, 0.15) is 0 Å². The van der Waals surface area contributed by atoms with Gasteiger partial charge in [0, 0.05) is 6.92 Å². The van der Waals surface area contributed by atoms with E-state index in [0.29, 0.717) is 0 Å². The topological polar surface area (TPSA) is 103 Å². The monoisotopic (exact) mass is 340 g/mol. The van der Waals surface area contributed by atoms with Gasteiger partial charge in [-0.2, -0.15) is 0 Å². The average molecular weight is 340 g/mol. The summed E-state index contributed by atoms with van der Waals surface area (Å²) in [5.41, 5.74) is -1.04. The summed E-state index contributed by atoms with van der Waals surface area (Å²) in [7, 11) is 0. The molecule has 0 aliphatic rings. The maximum atomic E-state index is 12.2. The Bertz CT molecular complexity index is 1020. The molecule has 1 N–H and O–H groups in total. The number of esters is 2. The highest BCUT2D eigenvalue weighted by Crippen LogP contribution is 2.36. The van der Waals surface area contributed by atoms with Crippen molar-refractivity contribution < 1.29 is 28.6 Å². The molecule has 0 radical (unpaired) electrons. The molecule has 25 heavy (non-hydrogen) atoms. The van der Waals surface area contributed by atoms with E-state index >= 15 is 0 Å². The van der Waals surface area contributed by atoms with Gasteiger partial charge in [-0.3, -0.25) is 4.79 Å². The van der Waals surface area contributed by atoms with Crippen LogP contribution < -0.4 is 15.1 Å². The summed E-state index contributed by atoms with van der Waals surface area (Å²) < 4.78 is 15.2. The number of ether oxygens (including phenoxy) is 2. The van der Waals surface area contributed by atoms with Crippen molar-refractivity contribution in [3.8, 4) is 17.2 Å². The van der Waals surface area contributed by atoms with Crippen LogP contribution in [-0.4, -0.2) is 17.0 Å². The first-order chi connectivity index (χ1) is 12.0. The molecule has 3 rings (SSSR count). The number of phenolic OH excluding ortho intramolecular Hbond substituents is 1. The van der Waals surface area contributed by atoms with Gasteiger partial charge in [0.05, 0.1) is 10.9 Å². The first kappa shape index (κ1) is 16.3. The quantitative estimate of drug-likeness (QED) is 0.577. The SMILES string of the molecule is CC(=O)Oc1c(OC(=O)c2ccccc2)c(=O)oc2c(O)cccc12. The number of fused-ring (bicyclic) bond motifs is 1. The summed E-state index contributed by atoms with van der Waals surface area (Å²) in [4.78, 5) is 35.8. The first-order valence-electron chi connectivity index (χ1n) is 7.22. The van der Waals surface area contributed by atoms with Gasteiger partial charge >= 0.3 is 17.6 Å². The molecule has 7 nitrogen and oxygen atoms in total. The van der Waals surface area contributed by atoms with Gasteiger partial charge in [-0.25, -0.2) is 9.59 Å². The fraction of sp³-hybridized carbons (Fsp3) is 0.0556. The zero-order chi connectivity index (χ0) is 18.0. The minimum absolute atomic E-state index is 0.116. The second kappa shape index (κ2) is 6.48. The van der Waals surface area contributed by atoms with Crippen LogP contribution in [0.1, 0.15) is 17.3 Å². The van der Waals surface area contributed by atoms with Crippen LogP contribution in [0, 0.1) is 0 Å². The summed E-state index contributed by atoms with van der Waals surface area (Å²) in [6.45, 7) is 1.13. The largest absolute Gasteiger partial charge is 0.504 e. The number of carbonyl (C=O) groups excluding carboxylic acids is 2. The van der Waals surface area contributed by atoms with Crippen molar-refractivity contribution in [1.29, 1.82) is 0 Å². The molecule has 0 fully saturated rings. The predicted octanol–water partition coefficient (Wildman–Crippen LogP) is 2.64. The second-order valence-electron chi connectivity index (χ2n) is 5.05. The minimum Gasteiger partial charge on any atom is -0.504 e. The number of hydrogen-bond donors (Lipinski definition) is 1. The molecule has 7 heteroatoms. The van der Waals surface area contributed by atoms with Crippen LogP contribution in [0.2, 0.25) is 0 Å². The molecule has 1 aromatic heterocycles. The van der Waals surface area contributed by atoms with Crippen LogP contribution in [0.25, 0.3) is 11.0 Å². The molecular weight excluding hydrogens is 328 g/mol. The molecular formula is C18H12O7. The number of phenols is 1. The van der Waals surface area contributed by atoms with Crippen molar-refractivity contribution in [2.45, 2.75) is 6.92 Å². The molecule has 2 aromatic carbocycles. The van der Waals surface area contributed by atoms with Crippen molar-refractivity contribution in [2.24, 2.45) is 0 Å². The van der Waals surface area contributed by atoms with E-state index in [4.69, 9.17) is 13.9 Å². The van der Waals surface area contributed by atoms with Crippen LogP contribution in [0.3, 0.4) is 0 Å². The van der Waals surface area contributed by atoms with E-state index in [0.717, 1.165) is 6.92 Å². The van der Waals surface area contributed by atoms with Crippen molar-refractivity contribution in [1.82, 2.24) is 0 Å². The van der Waals surface area contributed by atoms with Crippen molar-refractivity contribution >= 4 is 22.9 Å². The molecule has 0 unspecified atom stereocenters. The van der Waals surface area contributed by atoms with Gasteiger partial charge < -0.3 is 19.0 Å². The molecule has 1 heterocycles. The first-order valence-corrected chi connectivity index (χ1v) is 7.22. The number of hydrogen-bond acceptors (Lipinski definition) is 7. The third kappa shape index (κ3) is 3.20. The maximum absolute atomic E-state index is 12.2. The molecule has 3 aromatic rings. The lowest BCUT2D eigenvalue weighted by Crippen LogP contribution is -2.17. The lowest BCUT2D eigenvalue weighted by atomic mass is 10.2. The van der Waals surface area contributed by atoms with E-state index < -0.39 is 23.3 Å². The summed E-state index contributed by atoms with van der Waals surface area (Å²) in [5, 5.41) is 9.94. The Morgan fingerprint density at radius 1 is 0.960 bits per heavy atom. The van der Waals surface area contributed by atoms with E-state index in [1.54, 1.807) is 18.2 Å². The van der Waals surface area contributed by atoms with Crippen molar-refractivity contribution in [3.05, 3.63) is 64.5 Å². The summed E-state index contributed by atoms with van der Waals surface area (Å²) in [5.74, 6) is -2.72. The smallest absolute Gasteiger partial charge is 0.383 e. The Labute approximate surface area is 141 Å². The minimum atomic E-state index is -1.06. The van der Waals surface area contributed by atoms with E-state index in [2.05, 4.69) is 0 Å². The maximum Gasteiger partial charge on any atom is 0.383 e. The highest BCUT2D eigenvalue weighted by Gasteiger charge is 2.23. The fourth-order valence-corrected chi connectivity index (χ4v) is 2.22. The van der Waals surface area contributed by atoms with Crippen molar-refractivity contribution in [3.63, 3.8) is 0 Å². The van der Waals surface area contributed by atoms with Crippen LogP contribution >= 0.6 is 0 Å². The lowest BCUT2D eigenvalue weighted by Gasteiger charge is -2.11. The Morgan fingerprint density at radius 3 is 2.36 bits per heavy atom. The van der Waals surface area contributed by atoms with Gasteiger partial charge in [-0.15, -0.1) is 0 Å². The molecule has 0 saturated carbocycles. The van der Waals surface area contributed by atoms with Gasteiger partial charge in [0.25, 0.3) is 5.75 Å². The Morgan fingerprint density at radius 2 is 1.68 bits per heavy atom. The summed E-state index contributed by atoms with van der Waals surface area (Å²) in [6, 6.07) is 12.2. The average Bonchev–Trinajstić information content (AvgIpc) is 2.59. The zero-order valence-electron chi connectivity index (χ0n) is 13.0. The van der Waals surface area contributed by atoms with E-state index in [1.807, 2.05) is 0 Å². The molecule has 0 amide bonds. The lowest BCUT2D eigenvalue weighted by molar-refractivity contribution is -0.131. The molecule has 0 saturated heterocycles. The highest BCUT2D eigenvalue weighted by atomic mass is 16.6. The number of para-hydroxylation sites is 1. The van der Waals surface area contributed by atoms with Crippen LogP contribution in [0.5, 0.6) is 17.2 Å². The Hall–Kier alpha value is -3.61. The molecule has 0 aliphatic heterocycles. The number of aromatic hydroxyl groups is 1. The summed E-state index contributed by atoms with van der Waals surface area (Å²) in [6.07, 6.45) is 0.